The Kier molecular flexibility index (Phi) is 1.88. The van der Waals surface area contributed by atoms with Gasteiger partial charge in [-0.25, -0.2) is 14.5 Å². The molecule has 0 bridgehead atoms. The Labute approximate surface area is 80.6 Å². The van der Waals surface area contributed by atoms with E-state index in [1.54, 1.807) is 18.2 Å². The molecule has 0 saturated carbocycles. The summed E-state index contributed by atoms with van der Waals surface area (Å²) >= 11 is 0. The number of hydrogen-bond acceptors (Lipinski definition) is 3. The third-order valence-electron chi connectivity index (χ3n) is 1.73. The van der Waals surface area contributed by atoms with Gasteiger partial charge in [-0.05, 0) is 12.1 Å². The number of aromatic nitrogens is 3. The smallest absolute Gasteiger partial charge is 0.239 e. The quantitative estimate of drug-likeness (QED) is 0.683. The molecule has 0 radical (unpaired) electrons. The first-order chi connectivity index (χ1) is 6.79. The first kappa shape index (κ1) is 8.26. The van der Waals surface area contributed by atoms with Gasteiger partial charge in [0.15, 0.2) is 5.69 Å². The van der Waals surface area contributed by atoms with Crippen LogP contribution >= 0.6 is 0 Å². The Morgan fingerprint density at radius 2 is 2.29 bits per heavy atom. The molecule has 1 heterocycles. The molecule has 1 aromatic heterocycles. The van der Waals surface area contributed by atoms with Crippen LogP contribution in [-0.2, 0) is 0 Å². The van der Waals surface area contributed by atoms with Crippen LogP contribution in [0.3, 0.4) is 0 Å². The Bertz CT molecular complexity index is 494. The fourth-order valence-corrected chi connectivity index (χ4v) is 1.11. The third kappa shape index (κ3) is 1.41. The molecule has 14 heavy (non-hydrogen) atoms. The van der Waals surface area contributed by atoms with Gasteiger partial charge in [-0.3, -0.25) is 0 Å². The predicted molar refractivity (Wildman–Crippen MR) is 52.0 cm³/mol. The number of nitrogen functional groups attached to an aromatic ring is 1. The summed E-state index contributed by atoms with van der Waals surface area (Å²) in [6.45, 7) is 6.86. The summed E-state index contributed by atoms with van der Waals surface area (Å²) in [5, 5.41) is 3.94. The van der Waals surface area contributed by atoms with Gasteiger partial charge in [-0.2, -0.15) is 0 Å². The van der Waals surface area contributed by atoms with E-state index in [1.165, 1.54) is 11.0 Å². The molecule has 0 aliphatic carbocycles. The highest BCUT2D eigenvalue weighted by Crippen LogP contribution is 2.16. The molecule has 0 amide bonds. The van der Waals surface area contributed by atoms with Crippen molar-refractivity contribution in [2.24, 2.45) is 0 Å². The first-order valence-electron chi connectivity index (χ1n) is 3.94. The third-order valence-corrected chi connectivity index (χ3v) is 1.73. The molecule has 68 valence electrons. The average Bonchev–Trinajstić information content (AvgIpc) is 2.65. The van der Waals surface area contributed by atoms with Crippen molar-refractivity contribution in [2.75, 3.05) is 5.73 Å². The normalized spacial score (nSPS) is 9.64. The van der Waals surface area contributed by atoms with E-state index in [0.717, 1.165) is 5.69 Å². The topological polar surface area (TPSA) is 61.1 Å². The van der Waals surface area contributed by atoms with E-state index in [2.05, 4.69) is 14.9 Å². The van der Waals surface area contributed by atoms with E-state index >= 15 is 0 Å². The van der Waals surface area contributed by atoms with Crippen LogP contribution in [0.5, 0.6) is 0 Å². The summed E-state index contributed by atoms with van der Waals surface area (Å²) in [6.07, 6.45) is 1.51. The number of rotatable bonds is 1. The fourth-order valence-electron chi connectivity index (χ4n) is 1.11. The minimum absolute atomic E-state index is 0.221. The largest absolute Gasteiger partial charge is 0.366 e. The Morgan fingerprint density at radius 1 is 1.43 bits per heavy atom. The van der Waals surface area contributed by atoms with Gasteiger partial charge in [0.05, 0.1) is 12.3 Å². The van der Waals surface area contributed by atoms with Crippen LogP contribution in [0.15, 0.2) is 30.6 Å². The molecule has 0 fully saturated rings. The maximum atomic E-state index is 6.86. The minimum atomic E-state index is 0.221. The molecule has 0 saturated heterocycles. The van der Waals surface area contributed by atoms with Crippen molar-refractivity contribution in [1.82, 2.24) is 14.8 Å². The molecule has 2 rings (SSSR count). The molecule has 0 aliphatic heterocycles. The van der Waals surface area contributed by atoms with Crippen molar-refractivity contribution in [3.8, 4) is 5.69 Å². The lowest BCUT2D eigenvalue weighted by Gasteiger charge is -1.99. The number of nitrogens with two attached hydrogens (primary N) is 1. The van der Waals surface area contributed by atoms with Crippen molar-refractivity contribution < 1.29 is 0 Å². The Morgan fingerprint density at radius 3 is 2.93 bits per heavy atom. The molecule has 2 aromatic rings. The minimum Gasteiger partial charge on any atom is -0.366 e. The van der Waals surface area contributed by atoms with E-state index < -0.39 is 0 Å². The van der Waals surface area contributed by atoms with Gasteiger partial charge in [-0.15, -0.1) is 5.10 Å². The lowest BCUT2D eigenvalue weighted by Crippen LogP contribution is -1.95. The maximum absolute atomic E-state index is 6.86. The van der Waals surface area contributed by atoms with Crippen LogP contribution in [0, 0.1) is 6.57 Å². The number of nitrogens with zero attached hydrogens (tertiary/aromatic N) is 4. The van der Waals surface area contributed by atoms with Crippen LogP contribution in [0.25, 0.3) is 10.5 Å². The lowest BCUT2D eigenvalue weighted by atomic mass is 10.3. The molecular weight excluding hydrogens is 178 g/mol. The van der Waals surface area contributed by atoms with E-state index in [9.17, 15) is 0 Å². The summed E-state index contributed by atoms with van der Waals surface area (Å²) < 4.78 is 1.53. The van der Waals surface area contributed by atoms with Gasteiger partial charge in [-0.1, -0.05) is 12.1 Å². The van der Waals surface area contributed by atoms with E-state index in [-0.39, 0.29) is 5.95 Å². The van der Waals surface area contributed by atoms with Gasteiger partial charge in [0.2, 0.25) is 5.95 Å². The monoisotopic (exact) mass is 185 g/mol. The van der Waals surface area contributed by atoms with Crippen molar-refractivity contribution in [2.45, 2.75) is 0 Å². The standard InChI is InChI=1S/C9H7N5/c1-11-7-3-2-4-8(5-7)14-6-12-9(10)13-14/h2-6H,(H2,10,13). The van der Waals surface area contributed by atoms with Crippen LogP contribution < -0.4 is 5.73 Å². The fraction of sp³-hybridized carbons (Fsp3) is 0. The lowest BCUT2D eigenvalue weighted by molar-refractivity contribution is 0.884. The van der Waals surface area contributed by atoms with E-state index in [0.29, 0.717) is 5.69 Å². The summed E-state index contributed by atoms with van der Waals surface area (Å²) in [5.41, 5.74) is 6.73. The highest BCUT2D eigenvalue weighted by molar-refractivity contribution is 5.51. The van der Waals surface area contributed by atoms with E-state index in [4.69, 9.17) is 12.3 Å². The highest BCUT2D eigenvalue weighted by Gasteiger charge is 1.99. The zero-order chi connectivity index (χ0) is 9.97. The molecule has 2 N–H and O–H groups in total. The van der Waals surface area contributed by atoms with Crippen molar-refractivity contribution >= 4 is 11.6 Å². The highest BCUT2D eigenvalue weighted by atomic mass is 15.4. The molecule has 5 nitrogen and oxygen atoms in total. The van der Waals surface area contributed by atoms with Gasteiger partial charge < -0.3 is 5.73 Å². The van der Waals surface area contributed by atoms with Crippen LogP contribution in [0.2, 0.25) is 0 Å². The van der Waals surface area contributed by atoms with Gasteiger partial charge >= 0.3 is 0 Å². The summed E-state index contributed by atoms with van der Waals surface area (Å²) in [6, 6.07) is 7.08. The number of anilines is 1. The molecule has 0 aliphatic rings. The zero-order valence-corrected chi connectivity index (χ0v) is 7.25. The van der Waals surface area contributed by atoms with Crippen molar-refractivity contribution in [3.63, 3.8) is 0 Å². The SMILES string of the molecule is [C-]#[N+]c1cccc(-n2cnc(N)n2)c1. The van der Waals surface area contributed by atoms with E-state index in [1.807, 2.05) is 6.07 Å². The Hall–Kier alpha value is -2.35. The summed E-state index contributed by atoms with van der Waals surface area (Å²) in [7, 11) is 0. The second-order valence-corrected chi connectivity index (χ2v) is 2.68. The van der Waals surface area contributed by atoms with Gasteiger partial charge in [0, 0.05) is 0 Å². The molecule has 1 aromatic carbocycles. The summed E-state index contributed by atoms with van der Waals surface area (Å²) in [5.74, 6) is 0.221. The predicted octanol–water partition coefficient (Wildman–Crippen LogP) is 1.40. The van der Waals surface area contributed by atoms with Gasteiger partial charge in [0.1, 0.15) is 6.33 Å². The molecule has 0 atom stereocenters. The van der Waals surface area contributed by atoms with Gasteiger partial charge in [0.25, 0.3) is 0 Å². The molecule has 5 heteroatoms. The maximum Gasteiger partial charge on any atom is 0.239 e. The van der Waals surface area contributed by atoms with Crippen molar-refractivity contribution in [1.29, 1.82) is 0 Å². The molecular formula is C9H7N5. The summed E-state index contributed by atoms with van der Waals surface area (Å²) in [4.78, 5) is 7.12. The number of hydrogen-bond donors (Lipinski definition) is 1. The number of benzene rings is 1. The second kappa shape index (κ2) is 3.18. The van der Waals surface area contributed by atoms with Crippen LogP contribution in [-0.4, -0.2) is 14.8 Å². The van der Waals surface area contributed by atoms with Crippen LogP contribution in [0.4, 0.5) is 11.6 Å². The zero-order valence-electron chi connectivity index (χ0n) is 7.25. The average molecular weight is 185 g/mol. The first-order valence-corrected chi connectivity index (χ1v) is 3.94. The molecule has 0 spiro atoms. The van der Waals surface area contributed by atoms with Crippen molar-refractivity contribution in [3.05, 3.63) is 42.0 Å². The molecule has 0 unspecified atom stereocenters. The van der Waals surface area contributed by atoms with Crippen LogP contribution in [0.1, 0.15) is 0 Å². The second-order valence-electron chi connectivity index (χ2n) is 2.68. The Balaban J connectivity index is 2.47.